The zero-order valence-corrected chi connectivity index (χ0v) is 15.7. The fourth-order valence-corrected chi connectivity index (χ4v) is 6.17. The Labute approximate surface area is 145 Å². The number of carbonyl (C=O) groups excluding carboxylic acids is 2. The first kappa shape index (κ1) is 18.0. The normalized spacial score (nSPS) is 48.1. The van der Waals surface area contributed by atoms with Crippen LogP contribution in [-0.4, -0.2) is 33.8 Å². The zero-order valence-electron chi connectivity index (χ0n) is 14.9. The van der Waals surface area contributed by atoms with Crippen molar-refractivity contribution >= 4 is 23.1 Å². The van der Waals surface area contributed by atoms with Crippen LogP contribution in [0.3, 0.4) is 0 Å². The van der Waals surface area contributed by atoms with E-state index in [1.807, 2.05) is 27.7 Å². The SMILES string of the molecule is CC(=O)O[C@H]1C[C@@]2(C)C(=O)CC[C@]3(C)O[S@@](=O)OC(C23)[C@@H]1C(C)C. The monoisotopic (exact) mass is 358 g/mol. The lowest BCUT2D eigenvalue weighted by atomic mass is 9.50. The minimum absolute atomic E-state index is 0.120. The van der Waals surface area contributed by atoms with E-state index in [1.54, 1.807) is 0 Å². The Hall–Kier alpha value is -0.790. The third-order valence-electron chi connectivity index (χ3n) is 6.13. The van der Waals surface area contributed by atoms with Gasteiger partial charge in [-0.05, 0) is 25.7 Å². The molecule has 0 aromatic carbocycles. The van der Waals surface area contributed by atoms with Gasteiger partial charge >= 0.3 is 17.3 Å². The van der Waals surface area contributed by atoms with Crippen LogP contribution < -0.4 is 0 Å². The van der Waals surface area contributed by atoms with Gasteiger partial charge < -0.3 is 4.74 Å². The fraction of sp³-hybridized carbons (Fsp3) is 0.882. The number of hydrogen-bond donors (Lipinski definition) is 0. The molecule has 6 nitrogen and oxygen atoms in total. The molecule has 3 aliphatic rings. The highest BCUT2D eigenvalue weighted by atomic mass is 32.2. The van der Waals surface area contributed by atoms with Gasteiger partial charge in [0.05, 0.1) is 11.7 Å². The standard InChI is InChI=1S/C17H26O6S/c1-9(2)13-11(21-10(3)18)8-16(4)12(19)6-7-17(5)15(16)14(13)22-24(20)23-17/h9,11,13-15H,6-8H2,1-5H3/t11-,13+,14?,15?,16-,17-,24-/m0/s1. The molecule has 2 saturated carbocycles. The molecule has 1 heterocycles. The summed E-state index contributed by atoms with van der Waals surface area (Å²) >= 11 is -1.86. The van der Waals surface area contributed by atoms with Crippen molar-refractivity contribution in [3.63, 3.8) is 0 Å². The molecule has 0 radical (unpaired) electrons. The minimum atomic E-state index is -1.86. The summed E-state index contributed by atoms with van der Waals surface area (Å²) < 4.78 is 29.1. The van der Waals surface area contributed by atoms with E-state index in [9.17, 15) is 13.8 Å². The second-order valence-electron chi connectivity index (χ2n) is 8.15. The van der Waals surface area contributed by atoms with Gasteiger partial charge in [-0.1, -0.05) is 20.8 Å². The lowest BCUT2D eigenvalue weighted by Crippen LogP contribution is -2.69. The molecule has 0 aromatic rings. The van der Waals surface area contributed by atoms with E-state index in [0.29, 0.717) is 19.3 Å². The summed E-state index contributed by atoms with van der Waals surface area (Å²) in [6.45, 7) is 9.29. The smallest absolute Gasteiger partial charge is 0.305 e. The van der Waals surface area contributed by atoms with Crippen LogP contribution in [0.2, 0.25) is 0 Å². The Kier molecular flexibility index (Phi) is 4.42. The lowest BCUT2D eigenvalue weighted by Gasteiger charge is -2.60. The van der Waals surface area contributed by atoms with Crippen molar-refractivity contribution in [2.24, 2.45) is 23.2 Å². The third kappa shape index (κ3) is 2.65. The maximum absolute atomic E-state index is 12.8. The van der Waals surface area contributed by atoms with Crippen molar-refractivity contribution in [1.29, 1.82) is 0 Å². The van der Waals surface area contributed by atoms with Gasteiger partial charge in [0.25, 0.3) is 0 Å². The molecule has 1 saturated heterocycles. The van der Waals surface area contributed by atoms with Gasteiger partial charge in [0.15, 0.2) is 0 Å². The molecule has 0 aromatic heterocycles. The maximum Gasteiger partial charge on any atom is 0.305 e. The summed E-state index contributed by atoms with van der Waals surface area (Å²) in [5, 5.41) is 0. The molecule has 2 unspecified atom stereocenters. The molecule has 3 rings (SSSR count). The van der Waals surface area contributed by atoms with E-state index in [2.05, 4.69) is 0 Å². The van der Waals surface area contributed by atoms with Crippen molar-refractivity contribution in [1.82, 2.24) is 0 Å². The largest absolute Gasteiger partial charge is 0.462 e. The fourth-order valence-electron chi connectivity index (χ4n) is 5.21. The summed E-state index contributed by atoms with van der Waals surface area (Å²) in [5.74, 6) is -0.380. The second-order valence-corrected chi connectivity index (χ2v) is 8.92. The summed E-state index contributed by atoms with van der Waals surface area (Å²) in [6, 6.07) is 0. The molecule has 24 heavy (non-hydrogen) atoms. The molecule has 7 atom stereocenters. The first-order valence-electron chi connectivity index (χ1n) is 8.57. The Morgan fingerprint density at radius 3 is 2.62 bits per heavy atom. The topological polar surface area (TPSA) is 78.9 Å². The predicted octanol–water partition coefficient (Wildman–Crippen LogP) is 2.33. The van der Waals surface area contributed by atoms with E-state index < -0.39 is 34.6 Å². The molecule has 0 spiro atoms. The lowest BCUT2D eigenvalue weighted by molar-refractivity contribution is -0.219. The van der Waals surface area contributed by atoms with Gasteiger partial charge in [-0.3, -0.25) is 18.0 Å². The highest BCUT2D eigenvalue weighted by molar-refractivity contribution is 7.75. The van der Waals surface area contributed by atoms with E-state index in [1.165, 1.54) is 6.92 Å². The molecule has 2 aliphatic carbocycles. The van der Waals surface area contributed by atoms with Gasteiger partial charge in [-0.25, -0.2) is 0 Å². The molecule has 0 bridgehead atoms. The van der Waals surface area contributed by atoms with Crippen LogP contribution >= 0.6 is 0 Å². The Morgan fingerprint density at radius 1 is 1.38 bits per heavy atom. The third-order valence-corrected chi connectivity index (χ3v) is 7.02. The van der Waals surface area contributed by atoms with Crippen LogP contribution in [0.15, 0.2) is 0 Å². The van der Waals surface area contributed by atoms with Crippen LogP contribution in [0.5, 0.6) is 0 Å². The van der Waals surface area contributed by atoms with Crippen LogP contribution in [0.25, 0.3) is 0 Å². The van der Waals surface area contributed by atoms with E-state index in [4.69, 9.17) is 13.1 Å². The Morgan fingerprint density at radius 2 is 2.04 bits per heavy atom. The van der Waals surface area contributed by atoms with Gasteiger partial charge in [0.1, 0.15) is 11.9 Å². The van der Waals surface area contributed by atoms with Crippen molar-refractivity contribution in [2.75, 3.05) is 0 Å². The second kappa shape index (κ2) is 5.88. The quantitative estimate of drug-likeness (QED) is 0.705. The number of hydrogen-bond acceptors (Lipinski definition) is 6. The zero-order chi connectivity index (χ0) is 17.9. The molecule has 0 N–H and O–H groups in total. The number of Topliss-reactive ketones (excluding diaryl/α,β-unsaturated/α-hetero) is 1. The van der Waals surface area contributed by atoms with Crippen molar-refractivity contribution in [2.45, 2.75) is 71.7 Å². The van der Waals surface area contributed by atoms with Crippen molar-refractivity contribution < 1.29 is 26.9 Å². The Balaban J connectivity index is 2.09. The summed E-state index contributed by atoms with van der Waals surface area (Å²) in [7, 11) is 0. The van der Waals surface area contributed by atoms with Crippen LogP contribution in [0.4, 0.5) is 0 Å². The maximum atomic E-state index is 12.8. The molecule has 7 heteroatoms. The summed E-state index contributed by atoms with van der Waals surface area (Å²) in [5.41, 5.74) is -1.36. The number of rotatable bonds is 2. The van der Waals surface area contributed by atoms with E-state index >= 15 is 0 Å². The molecule has 3 fully saturated rings. The number of ketones is 1. The van der Waals surface area contributed by atoms with E-state index in [-0.39, 0.29) is 29.5 Å². The molecular weight excluding hydrogens is 332 g/mol. The molecule has 136 valence electrons. The number of ether oxygens (including phenoxy) is 1. The number of esters is 1. The van der Waals surface area contributed by atoms with Crippen LogP contribution in [0.1, 0.15) is 53.9 Å². The first-order valence-corrected chi connectivity index (χ1v) is 9.57. The van der Waals surface area contributed by atoms with Gasteiger partial charge in [0.2, 0.25) is 0 Å². The first-order chi connectivity index (χ1) is 11.1. The minimum Gasteiger partial charge on any atom is -0.462 e. The number of carbonyl (C=O) groups is 2. The van der Waals surface area contributed by atoms with Crippen molar-refractivity contribution in [3.05, 3.63) is 0 Å². The predicted molar refractivity (Wildman–Crippen MR) is 86.8 cm³/mol. The highest BCUT2D eigenvalue weighted by Gasteiger charge is 2.67. The van der Waals surface area contributed by atoms with Crippen LogP contribution in [-0.2, 0) is 34.1 Å². The molecule has 1 aliphatic heterocycles. The average molecular weight is 358 g/mol. The van der Waals surface area contributed by atoms with Gasteiger partial charge in [-0.2, -0.15) is 4.21 Å². The molecule has 0 amide bonds. The van der Waals surface area contributed by atoms with Crippen LogP contribution in [0, 0.1) is 23.2 Å². The van der Waals surface area contributed by atoms with E-state index in [0.717, 1.165) is 0 Å². The van der Waals surface area contributed by atoms with Crippen molar-refractivity contribution in [3.8, 4) is 0 Å². The Bertz CT molecular complexity index is 590. The van der Waals surface area contributed by atoms with Gasteiger partial charge in [-0.15, -0.1) is 0 Å². The highest BCUT2D eigenvalue weighted by Crippen LogP contribution is 2.59. The van der Waals surface area contributed by atoms with Gasteiger partial charge in [0, 0.05) is 30.6 Å². The molecular formula is C17H26O6S. The average Bonchev–Trinajstić information content (AvgIpc) is 2.41. The summed E-state index contributed by atoms with van der Waals surface area (Å²) in [6.07, 6.45) is 0.532. The summed E-state index contributed by atoms with van der Waals surface area (Å²) in [4.78, 5) is 24.4.